The highest BCUT2D eigenvalue weighted by atomic mass is 32.2. The van der Waals surface area contributed by atoms with Gasteiger partial charge in [0.2, 0.25) is 10.0 Å². The number of aromatic nitrogens is 1. The molecule has 26 heavy (non-hydrogen) atoms. The van der Waals surface area contributed by atoms with Gasteiger partial charge in [0.05, 0.1) is 10.6 Å². The van der Waals surface area contributed by atoms with Crippen LogP contribution in [0.5, 0.6) is 0 Å². The van der Waals surface area contributed by atoms with Gasteiger partial charge >= 0.3 is 0 Å². The van der Waals surface area contributed by atoms with E-state index in [1.54, 1.807) is 12.1 Å². The number of aryl methyl sites for hydroxylation is 2. The largest absolute Gasteiger partial charge is 0.253 e. The van der Waals surface area contributed by atoms with Crippen LogP contribution in [0.3, 0.4) is 0 Å². The van der Waals surface area contributed by atoms with Crippen molar-refractivity contribution >= 4 is 10.0 Å². The maximum atomic E-state index is 13.1. The van der Waals surface area contributed by atoms with Crippen LogP contribution >= 0.6 is 0 Å². The molecule has 2 aromatic carbocycles. The monoisotopic (exact) mass is 364 g/mol. The molecule has 1 aliphatic heterocycles. The molecule has 0 radical (unpaired) electrons. The first kappa shape index (κ1) is 16.9. The fourth-order valence-electron chi connectivity index (χ4n) is 3.37. The van der Waals surface area contributed by atoms with Gasteiger partial charge < -0.3 is 0 Å². The molecule has 0 saturated carbocycles. The summed E-state index contributed by atoms with van der Waals surface area (Å²) in [5, 5.41) is 0. The smallest absolute Gasteiger partial charge is 0.243 e. The van der Waals surface area contributed by atoms with Gasteiger partial charge in [0.1, 0.15) is 0 Å². The lowest BCUT2D eigenvalue weighted by molar-refractivity contribution is 0.431. The van der Waals surface area contributed by atoms with Gasteiger partial charge in [0, 0.05) is 24.3 Å². The first-order valence-corrected chi connectivity index (χ1v) is 10.0. The number of pyridine rings is 1. The van der Waals surface area contributed by atoms with E-state index in [1.165, 1.54) is 4.31 Å². The number of nitrogens with zero attached hydrogens (tertiary/aromatic N) is 2. The third kappa shape index (κ3) is 2.93. The molecule has 0 atom stereocenters. The Morgan fingerprint density at radius 3 is 2.31 bits per heavy atom. The van der Waals surface area contributed by atoms with Crippen molar-refractivity contribution in [1.82, 2.24) is 9.29 Å². The molecule has 4 rings (SSSR count). The van der Waals surface area contributed by atoms with E-state index in [2.05, 4.69) is 0 Å². The molecule has 4 nitrogen and oxygen atoms in total. The van der Waals surface area contributed by atoms with Crippen molar-refractivity contribution in [2.24, 2.45) is 0 Å². The second-order valence-electron chi connectivity index (χ2n) is 6.70. The number of hydrogen-bond acceptors (Lipinski definition) is 3. The van der Waals surface area contributed by atoms with Crippen molar-refractivity contribution in [3.05, 3.63) is 83.0 Å². The predicted molar refractivity (Wildman–Crippen MR) is 102 cm³/mol. The Hall–Kier alpha value is -2.50. The highest BCUT2D eigenvalue weighted by molar-refractivity contribution is 7.89. The Labute approximate surface area is 154 Å². The molecular weight excluding hydrogens is 344 g/mol. The Balaban J connectivity index is 1.75. The minimum atomic E-state index is -3.53. The minimum absolute atomic E-state index is 0.335. The van der Waals surface area contributed by atoms with E-state index in [4.69, 9.17) is 4.98 Å². The van der Waals surface area contributed by atoms with Crippen LogP contribution in [0, 0.1) is 13.8 Å². The van der Waals surface area contributed by atoms with Crippen LogP contribution in [0.2, 0.25) is 0 Å². The predicted octanol–water partition coefficient (Wildman–Crippen LogP) is 4.07. The van der Waals surface area contributed by atoms with Crippen LogP contribution in [0.1, 0.15) is 22.4 Å². The van der Waals surface area contributed by atoms with Crippen LogP contribution in [-0.2, 0) is 23.1 Å². The highest BCUT2D eigenvalue weighted by Gasteiger charge is 2.32. The molecule has 0 spiro atoms. The zero-order valence-corrected chi connectivity index (χ0v) is 15.6. The summed E-state index contributed by atoms with van der Waals surface area (Å²) in [6.45, 7) is 4.63. The second-order valence-corrected chi connectivity index (χ2v) is 8.64. The SMILES string of the molecule is Cc1ccc(S(=O)(=O)N2Cc3cc(C)nc(-c4ccccc4)c3C2)cc1. The topological polar surface area (TPSA) is 50.3 Å². The summed E-state index contributed by atoms with van der Waals surface area (Å²) in [6, 6.07) is 18.9. The zero-order valence-electron chi connectivity index (χ0n) is 14.8. The molecule has 0 amide bonds. The fraction of sp³-hybridized carbons (Fsp3) is 0.190. The molecule has 132 valence electrons. The van der Waals surface area contributed by atoms with Crippen molar-refractivity contribution in [2.45, 2.75) is 31.8 Å². The van der Waals surface area contributed by atoms with Crippen LogP contribution in [0.15, 0.2) is 65.6 Å². The fourth-order valence-corrected chi connectivity index (χ4v) is 4.76. The van der Waals surface area contributed by atoms with Crippen molar-refractivity contribution in [3.8, 4) is 11.3 Å². The Kier molecular flexibility index (Phi) is 4.13. The Morgan fingerprint density at radius 1 is 0.923 bits per heavy atom. The standard InChI is InChI=1S/C21H20N2O2S/c1-15-8-10-19(11-9-15)26(24,25)23-13-18-12-16(2)22-21(20(18)14-23)17-6-4-3-5-7-17/h3-12H,13-14H2,1-2H3. The van der Waals surface area contributed by atoms with Crippen molar-refractivity contribution in [2.75, 3.05) is 0 Å². The quantitative estimate of drug-likeness (QED) is 0.704. The van der Waals surface area contributed by atoms with E-state index >= 15 is 0 Å². The van der Waals surface area contributed by atoms with Gasteiger partial charge in [-0.2, -0.15) is 4.31 Å². The van der Waals surface area contributed by atoms with E-state index in [0.29, 0.717) is 18.0 Å². The molecule has 0 N–H and O–H groups in total. The molecule has 1 aliphatic rings. The van der Waals surface area contributed by atoms with Crippen LogP contribution < -0.4 is 0 Å². The van der Waals surface area contributed by atoms with Crippen LogP contribution in [-0.4, -0.2) is 17.7 Å². The van der Waals surface area contributed by atoms with E-state index in [9.17, 15) is 8.42 Å². The molecule has 0 bridgehead atoms. The summed E-state index contributed by atoms with van der Waals surface area (Å²) >= 11 is 0. The zero-order chi connectivity index (χ0) is 18.3. The number of rotatable bonds is 3. The van der Waals surface area contributed by atoms with Gasteiger partial charge in [-0.25, -0.2) is 8.42 Å². The number of hydrogen-bond donors (Lipinski definition) is 0. The summed E-state index contributed by atoms with van der Waals surface area (Å²) in [5.74, 6) is 0. The van der Waals surface area contributed by atoms with Crippen molar-refractivity contribution in [1.29, 1.82) is 0 Å². The first-order valence-electron chi connectivity index (χ1n) is 8.57. The lowest BCUT2D eigenvalue weighted by Crippen LogP contribution is -2.25. The van der Waals surface area contributed by atoms with Gasteiger partial charge in [-0.05, 0) is 43.2 Å². The maximum Gasteiger partial charge on any atom is 0.243 e. The first-order chi connectivity index (χ1) is 12.4. The van der Waals surface area contributed by atoms with Gasteiger partial charge in [-0.15, -0.1) is 0 Å². The molecule has 0 saturated heterocycles. The van der Waals surface area contributed by atoms with Gasteiger partial charge in [-0.3, -0.25) is 4.98 Å². The Morgan fingerprint density at radius 2 is 1.62 bits per heavy atom. The van der Waals surface area contributed by atoms with Gasteiger partial charge in [0.15, 0.2) is 0 Å². The molecule has 1 aromatic heterocycles. The highest BCUT2D eigenvalue weighted by Crippen LogP contribution is 2.34. The summed E-state index contributed by atoms with van der Waals surface area (Å²) in [7, 11) is -3.53. The molecule has 2 heterocycles. The number of sulfonamides is 1. The molecule has 0 unspecified atom stereocenters. The molecule has 0 fully saturated rings. The maximum absolute atomic E-state index is 13.1. The average molecular weight is 364 g/mol. The minimum Gasteiger partial charge on any atom is -0.253 e. The van der Waals surface area contributed by atoms with E-state index < -0.39 is 10.0 Å². The normalized spacial score (nSPS) is 14.4. The van der Waals surface area contributed by atoms with Crippen molar-refractivity contribution < 1.29 is 8.42 Å². The number of fused-ring (bicyclic) bond motifs is 1. The van der Waals surface area contributed by atoms with E-state index in [1.807, 2.05) is 62.4 Å². The second kappa shape index (κ2) is 6.34. The molecular formula is C21H20N2O2S. The molecule has 5 heteroatoms. The third-order valence-electron chi connectivity index (χ3n) is 4.73. The number of benzene rings is 2. The summed E-state index contributed by atoms with van der Waals surface area (Å²) in [5.41, 5.74) is 5.87. The Bertz CT molecular complexity index is 1060. The van der Waals surface area contributed by atoms with Gasteiger partial charge in [-0.1, -0.05) is 48.0 Å². The summed E-state index contributed by atoms with van der Waals surface area (Å²) in [4.78, 5) is 5.03. The van der Waals surface area contributed by atoms with Crippen LogP contribution in [0.25, 0.3) is 11.3 Å². The third-order valence-corrected chi connectivity index (χ3v) is 6.54. The summed E-state index contributed by atoms with van der Waals surface area (Å²) in [6.07, 6.45) is 0. The summed E-state index contributed by atoms with van der Waals surface area (Å²) < 4.78 is 27.6. The molecule has 3 aromatic rings. The van der Waals surface area contributed by atoms with E-state index in [-0.39, 0.29) is 0 Å². The average Bonchev–Trinajstić information content (AvgIpc) is 3.07. The lowest BCUT2D eigenvalue weighted by atomic mass is 10.0. The van der Waals surface area contributed by atoms with Crippen molar-refractivity contribution in [3.63, 3.8) is 0 Å². The van der Waals surface area contributed by atoms with Gasteiger partial charge in [0.25, 0.3) is 0 Å². The lowest BCUT2D eigenvalue weighted by Gasteiger charge is -2.16. The molecule has 0 aliphatic carbocycles. The van der Waals surface area contributed by atoms with Crippen LogP contribution in [0.4, 0.5) is 0 Å². The van der Waals surface area contributed by atoms with E-state index in [0.717, 1.165) is 33.6 Å².